The first kappa shape index (κ1) is 23.4. The first-order chi connectivity index (χ1) is 18.0. The monoisotopic (exact) mass is 496 g/mol. The van der Waals surface area contributed by atoms with Gasteiger partial charge >= 0.3 is 0 Å². The number of H-pyrrole nitrogens is 1. The smallest absolute Gasteiger partial charge is 0.224 e. The second kappa shape index (κ2) is 9.44. The summed E-state index contributed by atoms with van der Waals surface area (Å²) in [6.07, 6.45) is 5.72. The van der Waals surface area contributed by atoms with Gasteiger partial charge in [-0.2, -0.15) is 4.98 Å². The topological polar surface area (TPSA) is 104 Å². The van der Waals surface area contributed by atoms with Crippen molar-refractivity contribution < 1.29 is 0 Å². The molecule has 1 saturated heterocycles. The van der Waals surface area contributed by atoms with Crippen LogP contribution in [0.5, 0.6) is 0 Å². The molecule has 6 rings (SSSR count). The molecule has 0 amide bonds. The van der Waals surface area contributed by atoms with Gasteiger partial charge in [-0.1, -0.05) is 6.07 Å². The number of piperazine rings is 1. The van der Waals surface area contributed by atoms with E-state index in [9.17, 15) is 0 Å². The van der Waals surface area contributed by atoms with Crippen LogP contribution in [0.25, 0.3) is 33.5 Å². The largest absolute Gasteiger partial charge is 0.354 e. The minimum atomic E-state index is 0.283. The molecule has 0 spiro atoms. The molecule has 2 N–H and O–H groups in total. The average molecular weight is 497 g/mol. The van der Waals surface area contributed by atoms with Gasteiger partial charge in [0.15, 0.2) is 5.65 Å². The molecule has 6 heterocycles. The summed E-state index contributed by atoms with van der Waals surface area (Å²) in [4.78, 5) is 31.5. The molecule has 10 heteroatoms. The Morgan fingerprint density at radius 1 is 0.973 bits per heavy atom. The standard InChI is InChI=1S/C27H32N10/c1-17(2)37-18(3)32-23-7-6-22(33-26(23)37)20-15-29-25-21(20)16-31-27(34-25)30-14-19-5-8-24(28-13-19)36-11-9-35(4)10-12-36/h5-8,13,15-17H,9-12,14H2,1-4H3,(H2,29,30,31,34). The molecular weight excluding hydrogens is 464 g/mol. The van der Waals surface area contributed by atoms with E-state index in [0.717, 1.165) is 76.8 Å². The predicted molar refractivity (Wildman–Crippen MR) is 147 cm³/mol. The van der Waals surface area contributed by atoms with E-state index in [0.29, 0.717) is 12.5 Å². The highest BCUT2D eigenvalue weighted by molar-refractivity contribution is 5.93. The summed E-state index contributed by atoms with van der Waals surface area (Å²) >= 11 is 0. The van der Waals surface area contributed by atoms with Crippen LogP contribution in [0.3, 0.4) is 0 Å². The summed E-state index contributed by atoms with van der Waals surface area (Å²) in [5.74, 6) is 2.57. The molecule has 1 fully saturated rings. The van der Waals surface area contributed by atoms with E-state index in [1.54, 1.807) is 0 Å². The maximum Gasteiger partial charge on any atom is 0.224 e. The number of nitrogens with one attached hydrogen (secondary N) is 2. The molecule has 0 bridgehead atoms. The van der Waals surface area contributed by atoms with Crippen molar-refractivity contribution in [3.8, 4) is 11.3 Å². The highest BCUT2D eigenvalue weighted by atomic mass is 15.3. The minimum Gasteiger partial charge on any atom is -0.354 e. The summed E-state index contributed by atoms with van der Waals surface area (Å²) in [6, 6.07) is 8.53. The maximum atomic E-state index is 4.95. The fourth-order valence-electron chi connectivity index (χ4n) is 4.98. The Balaban J connectivity index is 1.18. The molecule has 37 heavy (non-hydrogen) atoms. The van der Waals surface area contributed by atoms with Crippen LogP contribution in [0.2, 0.25) is 0 Å². The zero-order valence-corrected chi connectivity index (χ0v) is 21.7. The number of imidazole rings is 1. The van der Waals surface area contributed by atoms with E-state index >= 15 is 0 Å². The summed E-state index contributed by atoms with van der Waals surface area (Å²) in [5, 5.41) is 4.26. The molecule has 0 unspecified atom stereocenters. The fraction of sp³-hybridized carbons (Fsp3) is 0.370. The molecule has 0 atom stereocenters. The van der Waals surface area contributed by atoms with Crippen molar-refractivity contribution in [1.29, 1.82) is 0 Å². The van der Waals surface area contributed by atoms with Crippen LogP contribution < -0.4 is 10.2 Å². The number of aromatic nitrogens is 7. The molecule has 0 aliphatic carbocycles. The Hall–Kier alpha value is -4.05. The lowest BCUT2D eigenvalue weighted by atomic mass is 10.1. The Labute approximate surface area is 215 Å². The molecule has 5 aromatic rings. The third-order valence-corrected chi connectivity index (χ3v) is 7.03. The third kappa shape index (κ3) is 4.48. The summed E-state index contributed by atoms with van der Waals surface area (Å²) < 4.78 is 2.17. The van der Waals surface area contributed by atoms with Crippen molar-refractivity contribution in [2.75, 3.05) is 43.4 Å². The van der Waals surface area contributed by atoms with Crippen LogP contribution in [0.1, 0.15) is 31.3 Å². The Morgan fingerprint density at radius 2 is 1.81 bits per heavy atom. The second-order valence-corrected chi connectivity index (χ2v) is 9.99. The zero-order valence-electron chi connectivity index (χ0n) is 21.7. The predicted octanol–water partition coefficient (Wildman–Crippen LogP) is 4.02. The molecule has 5 aromatic heterocycles. The lowest BCUT2D eigenvalue weighted by Crippen LogP contribution is -2.44. The van der Waals surface area contributed by atoms with Crippen molar-refractivity contribution in [1.82, 2.24) is 39.4 Å². The molecule has 10 nitrogen and oxygen atoms in total. The quantitative estimate of drug-likeness (QED) is 0.363. The molecule has 1 aliphatic rings. The van der Waals surface area contributed by atoms with E-state index < -0.39 is 0 Å². The number of pyridine rings is 2. The summed E-state index contributed by atoms with van der Waals surface area (Å²) in [6.45, 7) is 11.1. The number of aromatic amines is 1. The molecule has 0 aromatic carbocycles. The average Bonchev–Trinajstić information content (AvgIpc) is 3.47. The van der Waals surface area contributed by atoms with Gasteiger partial charge in [-0.3, -0.25) is 0 Å². The van der Waals surface area contributed by atoms with E-state index in [1.165, 1.54) is 0 Å². The second-order valence-electron chi connectivity index (χ2n) is 9.99. The normalized spacial score (nSPS) is 14.8. The van der Waals surface area contributed by atoms with Crippen molar-refractivity contribution in [3.63, 3.8) is 0 Å². The minimum absolute atomic E-state index is 0.283. The van der Waals surface area contributed by atoms with Crippen LogP contribution in [0, 0.1) is 6.92 Å². The first-order valence-corrected chi connectivity index (χ1v) is 12.8. The van der Waals surface area contributed by atoms with Gasteiger partial charge in [0.05, 0.1) is 5.69 Å². The SMILES string of the molecule is Cc1nc2ccc(-c3c[nH]c4nc(NCc5ccc(N6CCN(C)CC6)nc5)ncc34)nc2n1C(C)C. The van der Waals surface area contributed by atoms with Gasteiger partial charge in [0.2, 0.25) is 5.95 Å². The zero-order chi connectivity index (χ0) is 25.5. The van der Waals surface area contributed by atoms with Crippen molar-refractivity contribution in [3.05, 3.63) is 54.2 Å². The van der Waals surface area contributed by atoms with E-state index in [2.05, 4.69) is 72.6 Å². The van der Waals surface area contributed by atoms with Gasteiger partial charge < -0.3 is 24.7 Å². The van der Waals surface area contributed by atoms with Crippen LogP contribution in [0.4, 0.5) is 11.8 Å². The lowest BCUT2D eigenvalue weighted by molar-refractivity contribution is 0.312. The number of anilines is 2. The van der Waals surface area contributed by atoms with Gasteiger partial charge in [0.1, 0.15) is 22.8 Å². The van der Waals surface area contributed by atoms with Gasteiger partial charge in [-0.15, -0.1) is 0 Å². The Kier molecular flexibility index (Phi) is 5.96. The van der Waals surface area contributed by atoms with Crippen LogP contribution in [-0.2, 0) is 6.54 Å². The van der Waals surface area contributed by atoms with Gasteiger partial charge in [0, 0.05) is 68.3 Å². The third-order valence-electron chi connectivity index (χ3n) is 7.03. The number of hydrogen-bond donors (Lipinski definition) is 2. The lowest BCUT2D eigenvalue weighted by Gasteiger charge is -2.33. The Morgan fingerprint density at radius 3 is 2.57 bits per heavy atom. The van der Waals surface area contributed by atoms with Crippen molar-refractivity contribution >= 4 is 34.0 Å². The van der Waals surface area contributed by atoms with Gasteiger partial charge in [0.25, 0.3) is 0 Å². The Bertz CT molecular complexity index is 1540. The van der Waals surface area contributed by atoms with E-state index in [1.807, 2.05) is 37.6 Å². The van der Waals surface area contributed by atoms with Gasteiger partial charge in [-0.25, -0.2) is 19.9 Å². The number of fused-ring (bicyclic) bond motifs is 2. The molecule has 1 aliphatic heterocycles. The van der Waals surface area contributed by atoms with E-state index in [4.69, 9.17) is 9.97 Å². The molecular formula is C27H32N10. The number of aryl methyl sites for hydroxylation is 1. The van der Waals surface area contributed by atoms with Crippen molar-refractivity contribution in [2.24, 2.45) is 0 Å². The maximum absolute atomic E-state index is 4.95. The molecule has 190 valence electrons. The number of rotatable bonds is 6. The van der Waals surface area contributed by atoms with Crippen LogP contribution >= 0.6 is 0 Å². The molecule has 0 saturated carbocycles. The first-order valence-electron chi connectivity index (χ1n) is 12.8. The fourth-order valence-corrected chi connectivity index (χ4v) is 4.98. The molecule has 0 radical (unpaired) electrons. The summed E-state index contributed by atoms with van der Waals surface area (Å²) in [5.41, 5.74) is 5.50. The highest BCUT2D eigenvalue weighted by Crippen LogP contribution is 2.29. The number of likely N-dealkylation sites (N-methyl/N-ethyl adjacent to an activating group) is 1. The van der Waals surface area contributed by atoms with E-state index in [-0.39, 0.29) is 6.04 Å². The summed E-state index contributed by atoms with van der Waals surface area (Å²) in [7, 11) is 2.16. The van der Waals surface area contributed by atoms with Crippen LogP contribution in [-0.4, -0.2) is 72.6 Å². The van der Waals surface area contributed by atoms with Gasteiger partial charge in [-0.05, 0) is 51.6 Å². The number of nitrogens with zero attached hydrogens (tertiary/aromatic N) is 8. The number of hydrogen-bond acceptors (Lipinski definition) is 8. The highest BCUT2D eigenvalue weighted by Gasteiger charge is 2.16. The van der Waals surface area contributed by atoms with Crippen LogP contribution in [0.15, 0.2) is 42.9 Å². The van der Waals surface area contributed by atoms with Crippen molar-refractivity contribution in [2.45, 2.75) is 33.4 Å².